The maximum Gasteiger partial charge on any atom is 0.407 e. The fourth-order valence-electron chi connectivity index (χ4n) is 6.90. The highest BCUT2D eigenvalue weighted by molar-refractivity contribution is 6.07. The van der Waals surface area contributed by atoms with Crippen molar-refractivity contribution in [1.82, 2.24) is 5.32 Å². The van der Waals surface area contributed by atoms with E-state index >= 15 is 0 Å². The zero-order valence-electron chi connectivity index (χ0n) is 26.2. The number of aliphatic hydroxyl groups is 1. The van der Waals surface area contributed by atoms with Crippen molar-refractivity contribution in [2.75, 3.05) is 0 Å². The molecule has 2 aliphatic rings. The number of benzene rings is 3. The van der Waals surface area contributed by atoms with Crippen LogP contribution in [-0.2, 0) is 27.2 Å². The molecule has 0 saturated heterocycles. The summed E-state index contributed by atoms with van der Waals surface area (Å²) in [7, 11) is 0. The number of nitrogens with one attached hydrogen (secondary N) is 1. The molecule has 4 N–H and O–H groups in total. The van der Waals surface area contributed by atoms with Crippen LogP contribution in [0, 0.1) is 5.92 Å². The fraction of sp³-hybridized carbons (Fsp3) is 0.405. The number of hydrogen-bond acceptors (Lipinski definition) is 6. The minimum absolute atomic E-state index is 0.0140. The highest BCUT2D eigenvalue weighted by atomic mass is 16.6. The van der Waals surface area contributed by atoms with Gasteiger partial charge < -0.3 is 20.9 Å². The van der Waals surface area contributed by atoms with Gasteiger partial charge in [-0.1, -0.05) is 84.9 Å². The van der Waals surface area contributed by atoms with Gasteiger partial charge >= 0.3 is 6.09 Å². The van der Waals surface area contributed by atoms with Crippen molar-refractivity contribution in [3.63, 3.8) is 0 Å². The number of aliphatic hydroxyl groups excluding tert-OH is 1. The molecular formula is C37H43N3O5. The molecule has 6 atom stereocenters. The van der Waals surface area contributed by atoms with Crippen LogP contribution in [0.1, 0.15) is 74.1 Å². The number of alkyl carbamates (subject to hydrolysis) is 1. The van der Waals surface area contributed by atoms with Crippen molar-refractivity contribution < 1.29 is 24.2 Å². The molecule has 2 amide bonds. The second kappa shape index (κ2) is 13.4. The minimum Gasteiger partial charge on any atom is -0.444 e. The molecule has 0 bridgehead atoms. The zero-order chi connectivity index (χ0) is 32.2. The van der Waals surface area contributed by atoms with Gasteiger partial charge in [-0.3, -0.25) is 14.6 Å². The first-order valence-electron chi connectivity index (χ1n) is 15.7. The molecule has 1 heterocycles. The number of Topliss-reactive ketones (excluding diaryl/α,β-unsaturated/α-hetero) is 1. The number of nitrogens with two attached hydrogens (primary N) is 1. The Kier molecular flexibility index (Phi) is 9.53. The van der Waals surface area contributed by atoms with E-state index in [9.17, 15) is 19.5 Å². The SMILES string of the molecule is CC(C)(C)OC(=O)N[C@@H](Cc1ccccc1)[C@@H](O)C[C@]1(Cc2ccccc2)N=CC(C2C[C@H](CC(N)=O)c3ccccc32)C1=O. The first-order chi connectivity index (χ1) is 21.4. The number of nitrogens with zero attached hydrogens (tertiary/aromatic N) is 1. The standard InChI is InChI=1S/C37H43N3O5/c1-36(2,3)45-35(44)40-31(18-24-12-6-4-7-13-24)32(41)22-37(21-25-14-8-5-9-15-25)34(43)30(23-39-37)29-19-26(20-33(38)42)27-16-10-11-17-28(27)29/h4-17,23,26,29-32,41H,18-22H2,1-3H3,(H2,38,42)(H,40,44)/t26-,29?,30?,31+,32+,37+/m1/s1. The van der Waals surface area contributed by atoms with Gasteiger partial charge in [0.15, 0.2) is 5.78 Å². The van der Waals surface area contributed by atoms with Crippen LogP contribution in [0.25, 0.3) is 0 Å². The van der Waals surface area contributed by atoms with E-state index in [4.69, 9.17) is 15.5 Å². The van der Waals surface area contributed by atoms with Crippen molar-refractivity contribution in [1.29, 1.82) is 0 Å². The van der Waals surface area contributed by atoms with Crippen LogP contribution in [0.15, 0.2) is 89.9 Å². The summed E-state index contributed by atoms with van der Waals surface area (Å²) in [4.78, 5) is 44.4. The van der Waals surface area contributed by atoms with Crippen LogP contribution in [0.5, 0.6) is 0 Å². The van der Waals surface area contributed by atoms with Crippen LogP contribution < -0.4 is 11.1 Å². The molecule has 2 unspecified atom stereocenters. The predicted octanol–water partition coefficient (Wildman–Crippen LogP) is 5.27. The zero-order valence-corrected chi connectivity index (χ0v) is 26.2. The highest BCUT2D eigenvalue weighted by Gasteiger charge is 2.51. The molecule has 45 heavy (non-hydrogen) atoms. The van der Waals surface area contributed by atoms with Crippen LogP contribution in [-0.4, -0.2) is 52.4 Å². The van der Waals surface area contributed by atoms with Crippen LogP contribution >= 0.6 is 0 Å². The summed E-state index contributed by atoms with van der Waals surface area (Å²) < 4.78 is 5.53. The number of fused-ring (bicyclic) bond motifs is 1. The minimum atomic E-state index is -1.24. The summed E-state index contributed by atoms with van der Waals surface area (Å²) in [5.41, 5.74) is 7.57. The topological polar surface area (TPSA) is 131 Å². The third-order valence-corrected chi connectivity index (χ3v) is 8.85. The summed E-state index contributed by atoms with van der Waals surface area (Å²) >= 11 is 0. The molecule has 0 radical (unpaired) electrons. The number of primary amides is 1. The number of ketones is 1. The Balaban J connectivity index is 1.45. The van der Waals surface area contributed by atoms with E-state index in [1.54, 1.807) is 27.0 Å². The van der Waals surface area contributed by atoms with Crippen molar-refractivity contribution in [3.8, 4) is 0 Å². The number of rotatable bonds is 11. The molecule has 0 aromatic heterocycles. The summed E-state index contributed by atoms with van der Waals surface area (Å²) in [6.07, 6.45) is 1.50. The first kappa shape index (κ1) is 32.1. The van der Waals surface area contributed by atoms with Crippen LogP contribution in [0.2, 0.25) is 0 Å². The molecule has 8 nitrogen and oxygen atoms in total. The van der Waals surface area contributed by atoms with E-state index in [0.29, 0.717) is 19.3 Å². The Hall–Kier alpha value is -4.30. The lowest BCUT2D eigenvalue weighted by Crippen LogP contribution is -2.51. The van der Waals surface area contributed by atoms with E-state index in [1.165, 1.54) is 0 Å². The first-order valence-corrected chi connectivity index (χ1v) is 15.7. The number of carbonyl (C=O) groups excluding carboxylic acids is 3. The summed E-state index contributed by atoms with van der Waals surface area (Å²) in [6.45, 7) is 5.35. The molecule has 236 valence electrons. The predicted molar refractivity (Wildman–Crippen MR) is 174 cm³/mol. The fourth-order valence-corrected chi connectivity index (χ4v) is 6.90. The van der Waals surface area contributed by atoms with Gasteiger partial charge in [-0.05, 0) is 67.7 Å². The smallest absolute Gasteiger partial charge is 0.407 e. The van der Waals surface area contributed by atoms with Crippen LogP contribution in [0.4, 0.5) is 4.79 Å². The Labute approximate surface area is 265 Å². The van der Waals surface area contributed by atoms with Gasteiger partial charge in [-0.25, -0.2) is 4.79 Å². The van der Waals surface area contributed by atoms with E-state index in [0.717, 1.165) is 22.3 Å². The number of amides is 2. The number of hydrogen-bond donors (Lipinski definition) is 3. The van der Waals surface area contributed by atoms with Crippen molar-refractivity contribution >= 4 is 24.0 Å². The molecule has 0 fully saturated rings. The Morgan fingerprint density at radius 2 is 1.58 bits per heavy atom. The monoisotopic (exact) mass is 609 g/mol. The van der Waals surface area contributed by atoms with Gasteiger partial charge in [-0.15, -0.1) is 0 Å². The van der Waals surface area contributed by atoms with Crippen molar-refractivity contribution in [2.45, 2.75) is 88.0 Å². The maximum absolute atomic E-state index is 14.6. The quantitative estimate of drug-likeness (QED) is 0.273. The largest absolute Gasteiger partial charge is 0.444 e. The van der Waals surface area contributed by atoms with Crippen molar-refractivity contribution in [3.05, 3.63) is 107 Å². The molecule has 5 rings (SSSR count). The average molecular weight is 610 g/mol. The lowest BCUT2D eigenvalue weighted by Gasteiger charge is -2.33. The van der Waals surface area contributed by atoms with Gasteiger partial charge in [0.2, 0.25) is 5.91 Å². The number of carbonyl (C=O) groups is 3. The van der Waals surface area contributed by atoms with Gasteiger partial charge in [0.1, 0.15) is 11.1 Å². The maximum atomic E-state index is 14.6. The molecule has 8 heteroatoms. The van der Waals surface area contributed by atoms with E-state index < -0.39 is 35.3 Å². The number of aliphatic imine (C=N–C) groups is 1. The average Bonchev–Trinajstić information content (AvgIpc) is 3.49. The second-order valence-corrected chi connectivity index (χ2v) is 13.4. The second-order valence-electron chi connectivity index (χ2n) is 13.4. The van der Waals surface area contributed by atoms with Gasteiger partial charge in [0.25, 0.3) is 0 Å². The van der Waals surface area contributed by atoms with E-state index in [2.05, 4.69) is 5.32 Å². The molecule has 0 saturated carbocycles. The lowest BCUT2D eigenvalue weighted by molar-refractivity contribution is -0.126. The lowest BCUT2D eigenvalue weighted by atomic mass is 9.74. The van der Waals surface area contributed by atoms with Crippen molar-refractivity contribution in [2.24, 2.45) is 16.6 Å². The van der Waals surface area contributed by atoms with Gasteiger partial charge in [0, 0.05) is 25.5 Å². The molecular weight excluding hydrogens is 566 g/mol. The summed E-state index contributed by atoms with van der Waals surface area (Å²) in [5.74, 6) is -1.18. The van der Waals surface area contributed by atoms with E-state index in [1.807, 2.05) is 84.9 Å². The Bertz CT molecular complexity index is 1530. The Morgan fingerprint density at radius 1 is 0.978 bits per heavy atom. The van der Waals surface area contributed by atoms with Gasteiger partial charge in [-0.2, -0.15) is 0 Å². The molecule has 3 aromatic rings. The number of ether oxygens (including phenoxy) is 1. The third kappa shape index (κ3) is 7.68. The van der Waals surface area contributed by atoms with E-state index in [-0.39, 0.29) is 36.4 Å². The third-order valence-electron chi connectivity index (χ3n) is 8.85. The highest BCUT2D eigenvalue weighted by Crippen LogP contribution is 2.49. The Morgan fingerprint density at radius 3 is 2.20 bits per heavy atom. The van der Waals surface area contributed by atoms with Gasteiger partial charge in [0.05, 0.1) is 18.1 Å². The molecule has 1 aliphatic heterocycles. The molecule has 0 spiro atoms. The molecule has 3 aromatic carbocycles. The summed E-state index contributed by atoms with van der Waals surface area (Å²) in [5, 5.41) is 14.7. The summed E-state index contributed by atoms with van der Waals surface area (Å²) in [6, 6.07) is 26.5. The van der Waals surface area contributed by atoms with Crippen LogP contribution in [0.3, 0.4) is 0 Å². The normalized spacial score (nSPS) is 23.7. The molecule has 1 aliphatic carbocycles.